The lowest BCUT2D eigenvalue weighted by Gasteiger charge is -2.31. The third-order valence-electron chi connectivity index (χ3n) is 3.24. The summed E-state index contributed by atoms with van der Waals surface area (Å²) in [7, 11) is 0. The average Bonchev–Trinajstić information content (AvgIpc) is 2.46. The maximum atomic E-state index is 11.9. The molecule has 1 aromatic carbocycles. The van der Waals surface area contributed by atoms with Crippen molar-refractivity contribution in [3.8, 4) is 0 Å². The second-order valence-electron chi connectivity index (χ2n) is 4.68. The number of nitrogens with zero attached hydrogens (tertiary/aromatic N) is 1. The van der Waals surface area contributed by atoms with Gasteiger partial charge in [0.2, 0.25) is 0 Å². The number of hydrogen-bond donors (Lipinski definition) is 1. The fourth-order valence-corrected chi connectivity index (χ4v) is 2.49. The largest absolute Gasteiger partial charge is 0.445 e. The number of ether oxygens (including phenoxy) is 1. The zero-order valence-electron chi connectivity index (χ0n) is 10.4. The zero-order chi connectivity index (χ0) is 12.8. The average molecular weight is 265 g/mol. The Morgan fingerprint density at radius 2 is 2.17 bits per heavy atom. The summed E-state index contributed by atoms with van der Waals surface area (Å²) in [5, 5.41) is 0. The van der Waals surface area contributed by atoms with Gasteiger partial charge in [0, 0.05) is 13.1 Å². The summed E-state index contributed by atoms with van der Waals surface area (Å²) in [5.74, 6) is 1.34. The van der Waals surface area contributed by atoms with Crippen LogP contribution < -0.4 is 0 Å². The maximum Gasteiger partial charge on any atom is 0.410 e. The summed E-state index contributed by atoms with van der Waals surface area (Å²) in [6.07, 6.45) is 2.00. The van der Waals surface area contributed by atoms with Crippen LogP contribution >= 0.6 is 12.6 Å². The summed E-state index contributed by atoms with van der Waals surface area (Å²) < 4.78 is 5.32. The lowest BCUT2D eigenvalue weighted by Crippen LogP contribution is -2.40. The monoisotopic (exact) mass is 265 g/mol. The van der Waals surface area contributed by atoms with E-state index >= 15 is 0 Å². The number of hydrogen-bond acceptors (Lipinski definition) is 3. The quantitative estimate of drug-likeness (QED) is 0.851. The van der Waals surface area contributed by atoms with Crippen molar-refractivity contribution in [2.75, 3.05) is 18.8 Å². The predicted molar refractivity (Wildman–Crippen MR) is 74.8 cm³/mol. The molecule has 1 atom stereocenters. The van der Waals surface area contributed by atoms with Gasteiger partial charge in [0.1, 0.15) is 6.61 Å². The van der Waals surface area contributed by atoms with Crippen LogP contribution in [0.2, 0.25) is 0 Å². The Kier molecular flexibility index (Phi) is 4.93. The number of benzene rings is 1. The van der Waals surface area contributed by atoms with Crippen LogP contribution in [0.15, 0.2) is 30.3 Å². The summed E-state index contributed by atoms with van der Waals surface area (Å²) in [5.41, 5.74) is 1.02. The highest BCUT2D eigenvalue weighted by Crippen LogP contribution is 2.18. The van der Waals surface area contributed by atoms with Gasteiger partial charge in [-0.2, -0.15) is 12.6 Å². The molecule has 0 aliphatic carbocycles. The van der Waals surface area contributed by atoms with E-state index in [1.165, 1.54) is 0 Å². The molecule has 3 nitrogen and oxygen atoms in total. The smallest absolute Gasteiger partial charge is 0.410 e. The molecule has 0 bridgehead atoms. The second kappa shape index (κ2) is 6.69. The molecule has 18 heavy (non-hydrogen) atoms. The van der Waals surface area contributed by atoms with Gasteiger partial charge >= 0.3 is 6.09 Å². The first-order valence-electron chi connectivity index (χ1n) is 6.36. The van der Waals surface area contributed by atoms with Gasteiger partial charge in [0.15, 0.2) is 0 Å². The highest BCUT2D eigenvalue weighted by atomic mass is 32.1. The van der Waals surface area contributed by atoms with E-state index < -0.39 is 0 Å². The Balaban J connectivity index is 1.81. The zero-order valence-corrected chi connectivity index (χ0v) is 11.3. The van der Waals surface area contributed by atoms with Crippen LogP contribution in [0.3, 0.4) is 0 Å². The Labute approximate surface area is 114 Å². The fraction of sp³-hybridized carbons (Fsp3) is 0.500. The molecule has 1 fully saturated rings. The lowest BCUT2D eigenvalue weighted by molar-refractivity contribution is 0.0815. The molecule has 4 heteroatoms. The van der Waals surface area contributed by atoms with Crippen LogP contribution in [-0.4, -0.2) is 29.8 Å². The number of piperidine rings is 1. The van der Waals surface area contributed by atoms with Crippen LogP contribution in [0.5, 0.6) is 0 Å². The number of rotatable bonds is 3. The SMILES string of the molecule is O=C(OCc1ccccc1)N1CCCC(CS)C1. The Morgan fingerprint density at radius 1 is 1.39 bits per heavy atom. The molecule has 0 saturated carbocycles. The van der Waals surface area contributed by atoms with Gasteiger partial charge in [-0.05, 0) is 30.1 Å². The number of amides is 1. The van der Waals surface area contributed by atoms with Gasteiger partial charge in [-0.3, -0.25) is 0 Å². The minimum absolute atomic E-state index is 0.203. The van der Waals surface area contributed by atoms with E-state index in [0.717, 1.165) is 37.2 Å². The van der Waals surface area contributed by atoms with Gasteiger partial charge < -0.3 is 9.64 Å². The predicted octanol–water partition coefficient (Wildman–Crippen LogP) is 2.97. The summed E-state index contributed by atoms with van der Waals surface area (Å²) in [6.45, 7) is 1.93. The summed E-state index contributed by atoms with van der Waals surface area (Å²) in [6, 6.07) is 9.76. The van der Waals surface area contributed by atoms with Crippen molar-refractivity contribution in [3.63, 3.8) is 0 Å². The minimum atomic E-state index is -0.203. The van der Waals surface area contributed by atoms with Crippen molar-refractivity contribution >= 4 is 18.7 Å². The topological polar surface area (TPSA) is 29.5 Å². The molecule has 1 aromatic rings. The molecule has 1 saturated heterocycles. The molecule has 1 amide bonds. The Morgan fingerprint density at radius 3 is 2.89 bits per heavy atom. The summed E-state index contributed by atoms with van der Waals surface area (Å²) in [4.78, 5) is 13.7. The molecule has 2 rings (SSSR count). The van der Waals surface area contributed by atoms with Crippen molar-refractivity contribution in [1.29, 1.82) is 0 Å². The Hall–Kier alpha value is -1.16. The number of thiol groups is 1. The van der Waals surface area contributed by atoms with Crippen molar-refractivity contribution in [2.24, 2.45) is 5.92 Å². The van der Waals surface area contributed by atoms with Crippen LogP contribution in [0.4, 0.5) is 4.79 Å². The molecule has 1 heterocycles. The van der Waals surface area contributed by atoms with Gasteiger partial charge in [-0.1, -0.05) is 30.3 Å². The van der Waals surface area contributed by atoms with E-state index in [9.17, 15) is 4.79 Å². The van der Waals surface area contributed by atoms with E-state index in [-0.39, 0.29) is 6.09 Å². The second-order valence-corrected chi connectivity index (χ2v) is 5.04. The molecule has 0 N–H and O–H groups in total. The van der Waals surface area contributed by atoms with Crippen molar-refractivity contribution in [2.45, 2.75) is 19.4 Å². The van der Waals surface area contributed by atoms with Crippen LogP contribution in [-0.2, 0) is 11.3 Å². The normalized spacial score (nSPS) is 19.6. The third-order valence-corrected chi connectivity index (χ3v) is 3.76. The van der Waals surface area contributed by atoms with E-state index in [1.807, 2.05) is 30.3 Å². The van der Waals surface area contributed by atoms with E-state index in [4.69, 9.17) is 4.74 Å². The molecule has 1 unspecified atom stereocenters. The van der Waals surface area contributed by atoms with E-state index in [0.29, 0.717) is 12.5 Å². The molecular weight excluding hydrogens is 246 g/mol. The standard InChI is InChI=1S/C14H19NO2S/c16-14(15-8-4-7-13(9-15)11-18)17-10-12-5-2-1-3-6-12/h1-3,5-6,13,18H,4,7-11H2. The van der Waals surface area contributed by atoms with Crippen molar-refractivity contribution in [3.05, 3.63) is 35.9 Å². The van der Waals surface area contributed by atoms with Crippen molar-refractivity contribution < 1.29 is 9.53 Å². The summed E-state index contributed by atoms with van der Waals surface area (Å²) >= 11 is 4.30. The number of carbonyl (C=O) groups excluding carboxylic acids is 1. The van der Waals surface area contributed by atoms with Gasteiger partial charge in [0.25, 0.3) is 0 Å². The minimum Gasteiger partial charge on any atom is -0.445 e. The fourth-order valence-electron chi connectivity index (χ4n) is 2.19. The van der Waals surface area contributed by atoms with Gasteiger partial charge in [0.05, 0.1) is 0 Å². The molecule has 0 aromatic heterocycles. The Bertz CT molecular complexity index is 383. The van der Waals surface area contributed by atoms with Gasteiger partial charge in [-0.15, -0.1) is 0 Å². The lowest BCUT2D eigenvalue weighted by atomic mass is 10.0. The first-order valence-corrected chi connectivity index (χ1v) is 6.99. The molecule has 1 aliphatic rings. The van der Waals surface area contributed by atoms with E-state index in [2.05, 4.69) is 12.6 Å². The maximum absolute atomic E-state index is 11.9. The number of carbonyl (C=O) groups is 1. The molecule has 98 valence electrons. The highest BCUT2D eigenvalue weighted by molar-refractivity contribution is 7.80. The third kappa shape index (κ3) is 3.67. The van der Waals surface area contributed by atoms with Crippen LogP contribution in [0, 0.1) is 5.92 Å². The first-order chi connectivity index (χ1) is 8.79. The molecule has 0 spiro atoms. The van der Waals surface area contributed by atoms with Crippen LogP contribution in [0.1, 0.15) is 18.4 Å². The van der Waals surface area contributed by atoms with Crippen molar-refractivity contribution in [1.82, 2.24) is 4.90 Å². The van der Waals surface area contributed by atoms with Gasteiger partial charge in [-0.25, -0.2) is 4.79 Å². The number of likely N-dealkylation sites (tertiary alicyclic amines) is 1. The highest BCUT2D eigenvalue weighted by Gasteiger charge is 2.23. The molecular formula is C14H19NO2S. The molecule has 1 aliphatic heterocycles. The first kappa shape index (κ1) is 13.3. The van der Waals surface area contributed by atoms with Crippen LogP contribution in [0.25, 0.3) is 0 Å². The molecule has 0 radical (unpaired) electrons. The van der Waals surface area contributed by atoms with E-state index in [1.54, 1.807) is 4.90 Å².